The maximum atomic E-state index is 13.7. The first-order chi connectivity index (χ1) is 17.0. The van der Waals surface area contributed by atoms with Crippen LogP contribution in [0.5, 0.6) is 0 Å². The van der Waals surface area contributed by atoms with Crippen LogP contribution in [-0.2, 0) is 19.4 Å². The van der Waals surface area contributed by atoms with Gasteiger partial charge < -0.3 is 10.2 Å². The Morgan fingerprint density at radius 3 is 2.14 bits per heavy atom. The van der Waals surface area contributed by atoms with Crippen LogP contribution in [0.3, 0.4) is 0 Å². The van der Waals surface area contributed by atoms with Gasteiger partial charge in [0.1, 0.15) is 0 Å². The van der Waals surface area contributed by atoms with E-state index in [2.05, 4.69) is 29.6 Å². The number of aryl methyl sites for hydroxylation is 3. The number of amides is 2. The van der Waals surface area contributed by atoms with Crippen molar-refractivity contribution in [1.29, 1.82) is 0 Å². The molecule has 4 aromatic carbocycles. The highest BCUT2D eigenvalue weighted by Gasteiger charge is 2.23. The van der Waals surface area contributed by atoms with E-state index in [-0.39, 0.29) is 11.8 Å². The normalized spacial score (nSPS) is 12.7. The summed E-state index contributed by atoms with van der Waals surface area (Å²) in [6, 6.07) is 29.4. The molecule has 2 amide bonds. The number of hydrogen-bond acceptors (Lipinski definition) is 2. The molecule has 0 aliphatic carbocycles. The summed E-state index contributed by atoms with van der Waals surface area (Å²) in [6.45, 7) is 4.47. The zero-order chi connectivity index (χ0) is 24.4. The predicted octanol–water partition coefficient (Wildman–Crippen LogP) is 6.50. The van der Waals surface area contributed by atoms with Crippen molar-refractivity contribution in [2.45, 2.75) is 33.2 Å². The molecule has 0 fully saturated rings. The van der Waals surface area contributed by atoms with Crippen molar-refractivity contribution in [3.63, 3.8) is 0 Å². The topological polar surface area (TPSA) is 49.4 Å². The Kier molecular flexibility index (Phi) is 6.19. The van der Waals surface area contributed by atoms with Gasteiger partial charge in [-0.15, -0.1) is 0 Å². The monoisotopic (exact) mass is 460 g/mol. The highest BCUT2D eigenvalue weighted by Crippen LogP contribution is 2.30. The molecular formula is C31H28N2O2. The largest absolute Gasteiger partial charge is 0.322 e. The summed E-state index contributed by atoms with van der Waals surface area (Å²) in [7, 11) is 0. The molecule has 1 N–H and O–H groups in total. The van der Waals surface area contributed by atoms with Crippen LogP contribution in [0.4, 0.5) is 11.4 Å². The fourth-order valence-electron chi connectivity index (χ4n) is 4.69. The number of fused-ring (bicyclic) bond motifs is 2. The van der Waals surface area contributed by atoms with Gasteiger partial charge in [0.05, 0.1) is 6.54 Å². The zero-order valence-electron chi connectivity index (χ0n) is 20.0. The fourth-order valence-corrected chi connectivity index (χ4v) is 4.69. The summed E-state index contributed by atoms with van der Waals surface area (Å²) in [6.07, 6.45) is 1.85. The number of para-hydroxylation sites is 1. The Labute approximate surface area is 206 Å². The van der Waals surface area contributed by atoms with Crippen LogP contribution in [0.1, 0.15) is 48.5 Å². The predicted molar refractivity (Wildman–Crippen MR) is 141 cm³/mol. The lowest BCUT2D eigenvalue weighted by Crippen LogP contribution is -2.32. The van der Waals surface area contributed by atoms with Gasteiger partial charge in [0.15, 0.2) is 0 Å². The highest BCUT2D eigenvalue weighted by atomic mass is 16.2. The molecule has 0 spiro atoms. The first-order valence-electron chi connectivity index (χ1n) is 12.0. The van der Waals surface area contributed by atoms with Crippen LogP contribution in [0, 0.1) is 13.8 Å². The molecular weight excluding hydrogens is 432 g/mol. The third-order valence-corrected chi connectivity index (χ3v) is 6.88. The number of carbonyl (C=O) groups is 2. The Bertz CT molecular complexity index is 1410. The molecule has 0 bridgehead atoms. The lowest BCUT2D eigenvalue weighted by molar-refractivity contribution is 0.0983. The van der Waals surface area contributed by atoms with Gasteiger partial charge in [0.2, 0.25) is 0 Å². The van der Waals surface area contributed by atoms with E-state index in [1.807, 2.05) is 61.2 Å². The van der Waals surface area contributed by atoms with Crippen LogP contribution in [0.25, 0.3) is 0 Å². The number of anilines is 2. The number of benzene rings is 4. The number of nitrogens with zero attached hydrogens (tertiary/aromatic N) is 1. The summed E-state index contributed by atoms with van der Waals surface area (Å²) in [5.74, 6) is -0.207. The maximum absolute atomic E-state index is 13.7. The summed E-state index contributed by atoms with van der Waals surface area (Å²) < 4.78 is 0. The Morgan fingerprint density at radius 2 is 1.37 bits per heavy atom. The van der Waals surface area contributed by atoms with Crippen molar-refractivity contribution < 1.29 is 9.59 Å². The first kappa shape index (κ1) is 22.6. The minimum absolute atomic E-state index is 0.0541. The van der Waals surface area contributed by atoms with Crippen LogP contribution < -0.4 is 10.2 Å². The van der Waals surface area contributed by atoms with Crippen molar-refractivity contribution in [2.24, 2.45) is 0 Å². The minimum atomic E-state index is -0.153. The zero-order valence-corrected chi connectivity index (χ0v) is 20.0. The van der Waals surface area contributed by atoms with E-state index in [1.165, 1.54) is 16.7 Å². The molecule has 0 saturated heterocycles. The maximum Gasteiger partial charge on any atom is 0.258 e. The van der Waals surface area contributed by atoms with Gasteiger partial charge in [0.25, 0.3) is 11.8 Å². The van der Waals surface area contributed by atoms with E-state index in [0.29, 0.717) is 23.4 Å². The fraction of sp³-hybridized carbons (Fsp3) is 0.161. The molecule has 5 rings (SSSR count). The van der Waals surface area contributed by atoms with Gasteiger partial charge in [0, 0.05) is 22.5 Å². The van der Waals surface area contributed by atoms with Gasteiger partial charge >= 0.3 is 0 Å². The Hall–Kier alpha value is -4.18. The van der Waals surface area contributed by atoms with Crippen molar-refractivity contribution in [1.82, 2.24) is 0 Å². The van der Waals surface area contributed by atoms with Gasteiger partial charge in [-0.1, -0.05) is 54.6 Å². The van der Waals surface area contributed by atoms with Crippen LogP contribution in [0.15, 0.2) is 91.0 Å². The molecule has 0 atom stereocenters. The third kappa shape index (κ3) is 4.60. The van der Waals surface area contributed by atoms with Crippen molar-refractivity contribution >= 4 is 23.2 Å². The smallest absolute Gasteiger partial charge is 0.258 e. The summed E-state index contributed by atoms with van der Waals surface area (Å²) in [4.78, 5) is 28.4. The highest BCUT2D eigenvalue weighted by molar-refractivity contribution is 6.08. The summed E-state index contributed by atoms with van der Waals surface area (Å²) >= 11 is 0. The van der Waals surface area contributed by atoms with Crippen molar-refractivity contribution in [2.75, 3.05) is 10.2 Å². The second-order valence-electron chi connectivity index (χ2n) is 9.07. The van der Waals surface area contributed by atoms with E-state index < -0.39 is 0 Å². The summed E-state index contributed by atoms with van der Waals surface area (Å²) in [5, 5.41) is 2.96. The molecule has 4 aromatic rings. The molecule has 35 heavy (non-hydrogen) atoms. The van der Waals surface area contributed by atoms with Gasteiger partial charge in [-0.2, -0.15) is 0 Å². The van der Waals surface area contributed by atoms with Crippen LogP contribution >= 0.6 is 0 Å². The number of nitrogens with one attached hydrogen (secondary N) is 1. The quantitative estimate of drug-likeness (QED) is 0.379. The van der Waals surface area contributed by atoms with Gasteiger partial charge in [-0.3, -0.25) is 9.59 Å². The van der Waals surface area contributed by atoms with Crippen molar-refractivity contribution in [3.8, 4) is 0 Å². The molecule has 0 aromatic heterocycles. The van der Waals surface area contributed by atoms with E-state index in [0.717, 1.165) is 29.7 Å². The van der Waals surface area contributed by atoms with Gasteiger partial charge in [-0.25, -0.2) is 0 Å². The molecule has 4 nitrogen and oxygen atoms in total. The summed E-state index contributed by atoms with van der Waals surface area (Å²) in [5.41, 5.74) is 8.53. The molecule has 1 heterocycles. The molecule has 0 radical (unpaired) electrons. The third-order valence-electron chi connectivity index (χ3n) is 6.88. The lowest BCUT2D eigenvalue weighted by Gasteiger charge is -2.29. The van der Waals surface area contributed by atoms with E-state index in [1.54, 1.807) is 24.3 Å². The van der Waals surface area contributed by atoms with E-state index in [9.17, 15) is 9.59 Å². The van der Waals surface area contributed by atoms with Crippen LogP contribution in [0.2, 0.25) is 0 Å². The number of rotatable bonds is 3. The number of carbonyl (C=O) groups excluding carboxylic acids is 2. The van der Waals surface area contributed by atoms with Crippen molar-refractivity contribution in [3.05, 3.63) is 130 Å². The Morgan fingerprint density at radius 1 is 0.714 bits per heavy atom. The molecule has 174 valence electrons. The second-order valence-corrected chi connectivity index (χ2v) is 9.07. The molecule has 0 unspecified atom stereocenters. The SMILES string of the molecule is Cc1cccc(C(=O)Nc2ccc(C(=O)N3Cc4ccccc4CCc4ccccc43)cc2)c1C. The molecule has 0 saturated carbocycles. The van der Waals surface area contributed by atoms with E-state index in [4.69, 9.17) is 0 Å². The van der Waals surface area contributed by atoms with E-state index >= 15 is 0 Å². The number of hydrogen-bond donors (Lipinski definition) is 1. The van der Waals surface area contributed by atoms with Gasteiger partial charge in [-0.05, 0) is 90.9 Å². The average Bonchev–Trinajstić information content (AvgIpc) is 2.87. The molecule has 1 aliphatic heterocycles. The first-order valence-corrected chi connectivity index (χ1v) is 12.0. The van der Waals surface area contributed by atoms with Crippen LogP contribution in [-0.4, -0.2) is 11.8 Å². The lowest BCUT2D eigenvalue weighted by atomic mass is 9.95. The Balaban J connectivity index is 1.40. The second kappa shape index (κ2) is 9.59. The minimum Gasteiger partial charge on any atom is -0.322 e. The average molecular weight is 461 g/mol. The molecule has 1 aliphatic rings. The molecule has 4 heteroatoms. The standard InChI is InChI=1S/C31H28N2O2/c1-21-8-7-12-28(22(21)2)30(34)32-27-18-16-25(17-19-27)31(35)33-20-26-11-4-3-9-23(26)14-15-24-10-5-6-13-29(24)33/h3-13,16-19H,14-15,20H2,1-2H3,(H,32,34).